The normalized spacial score (nSPS) is 17.1. The summed E-state index contributed by atoms with van der Waals surface area (Å²) in [5, 5.41) is 9.64. The molecule has 100 valence electrons. The van der Waals surface area contributed by atoms with Crippen LogP contribution in [0.25, 0.3) is 0 Å². The predicted octanol–water partition coefficient (Wildman–Crippen LogP) is 1.91. The van der Waals surface area contributed by atoms with Gasteiger partial charge in [-0.2, -0.15) is 0 Å². The Hall–Kier alpha value is -2.01. The van der Waals surface area contributed by atoms with Gasteiger partial charge >= 0.3 is 0 Å². The Morgan fingerprint density at radius 3 is 3.26 bits per heavy atom. The molecule has 0 saturated carbocycles. The molecule has 1 unspecified atom stereocenters. The Bertz CT molecular complexity index is 580. The minimum absolute atomic E-state index is 0.321. The fourth-order valence-corrected chi connectivity index (χ4v) is 2.17. The highest BCUT2D eigenvalue weighted by Gasteiger charge is 2.22. The summed E-state index contributed by atoms with van der Waals surface area (Å²) in [7, 11) is 0. The van der Waals surface area contributed by atoms with Crippen molar-refractivity contribution >= 4 is 0 Å². The van der Waals surface area contributed by atoms with Gasteiger partial charge in [0.05, 0.1) is 18.2 Å². The topological polar surface area (TPSA) is 56.5 Å². The van der Waals surface area contributed by atoms with Crippen LogP contribution in [-0.4, -0.2) is 21.3 Å². The van der Waals surface area contributed by atoms with E-state index in [-0.39, 0.29) is 0 Å². The Morgan fingerprint density at radius 2 is 2.42 bits per heavy atom. The molecular formula is C14H16N2O3. The van der Waals surface area contributed by atoms with Gasteiger partial charge in [0.2, 0.25) is 0 Å². The van der Waals surface area contributed by atoms with Gasteiger partial charge in [0, 0.05) is 18.2 Å². The van der Waals surface area contributed by atoms with Crippen molar-refractivity contribution in [1.29, 1.82) is 0 Å². The van der Waals surface area contributed by atoms with Gasteiger partial charge in [-0.25, -0.2) is 4.98 Å². The molecule has 0 amide bonds. The summed E-state index contributed by atoms with van der Waals surface area (Å²) in [6, 6.07) is 5.51. The van der Waals surface area contributed by atoms with Gasteiger partial charge in [0.1, 0.15) is 30.8 Å². The largest absolute Gasteiger partial charge is 0.490 e. The van der Waals surface area contributed by atoms with Gasteiger partial charge in [-0.1, -0.05) is 0 Å². The van der Waals surface area contributed by atoms with Crippen molar-refractivity contribution in [3.63, 3.8) is 0 Å². The van der Waals surface area contributed by atoms with Crippen LogP contribution < -0.4 is 9.47 Å². The number of ether oxygens (including phenoxy) is 2. The van der Waals surface area contributed by atoms with E-state index in [4.69, 9.17) is 9.47 Å². The lowest BCUT2D eigenvalue weighted by molar-refractivity contribution is 0.140. The fraction of sp³-hybridized carbons (Fsp3) is 0.357. The van der Waals surface area contributed by atoms with Crippen LogP contribution in [0.1, 0.15) is 24.3 Å². The van der Waals surface area contributed by atoms with Crippen LogP contribution in [0.15, 0.2) is 30.7 Å². The molecule has 0 bridgehead atoms. The number of aromatic nitrogens is 2. The molecule has 0 saturated heterocycles. The number of aliphatic hydroxyl groups is 1. The third-order valence-electron chi connectivity index (χ3n) is 3.27. The Labute approximate surface area is 111 Å². The number of aryl methyl sites for hydroxylation is 1. The summed E-state index contributed by atoms with van der Waals surface area (Å²) in [4.78, 5) is 4.10. The van der Waals surface area contributed by atoms with Crippen molar-refractivity contribution in [2.75, 3.05) is 6.61 Å². The molecule has 1 aliphatic heterocycles. The highest BCUT2D eigenvalue weighted by atomic mass is 16.5. The summed E-state index contributed by atoms with van der Waals surface area (Å²) in [5.74, 6) is 1.44. The maximum absolute atomic E-state index is 9.64. The van der Waals surface area contributed by atoms with Crippen LogP contribution in [0.2, 0.25) is 0 Å². The van der Waals surface area contributed by atoms with Gasteiger partial charge in [-0.3, -0.25) is 0 Å². The Balaban J connectivity index is 1.71. The molecule has 0 radical (unpaired) electrons. The van der Waals surface area contributed by atoms with Gasteiger partial charge < -0.3 is 19.1 Å². The molecule has 5 heteroatoms. The molecule has 2 aromatic rings. The zero-order chi connectivity index (χ0) is 13.2. The van der Waals surface area contributed by atoms with E-state index >= 15 is 0 Å². The number of aliphatic hydroxyl groups excluding tert-OH is 1. The summed E-state index contributed by atoms with van der Waals surface area (Å²) in [6.45, 7) is 3.73. The van der Waals surface area contributed by atoms with Gasteiger partial charge in [-0.05, 0) is 19.1 Å². The maximum Gasteiger partial charge on any atom is 0.130 e. The molecule has 1 aliphatic rings. The molecule has 19 heavy (non-hydrogen) atoms. The van der Waals surface area contributed by atoms with Crippen molar-refractivity contribution in [2.24, 2.45) is 0 Å². The predicted molar refractivity (Wildman–Crippen MR) is 69.1 cm³/mol. The lowest BCUT2D eigenvalue weighted by atomic mass is 10.1. The number of hydrogen-bond acceptors (Lipinski definition) is 4. The van der Waals surface area contributed by atoms with Crippen LogP contribution in [-0.2, 0) is 13.2 Å². The Morgan fingerprint density at radius 1 is 1.53 bits per heavy atom. The average Bonchev–Trinajstić information content (AvgIpc) is 3.03. The molecule has 2 heterocycles. The number of nitrogens with zero attached hydrogens (tertiary/aromatic N) is 2. The van der Waals surface area contributed by atoms with Gasteiger partial charge in [0.15, 0.2) is 0 Å². The third-order valence-corrected chi connectivity index (χ3v) is 3.27. The Kier molecular flexibility index (Phi) is 3.13. The standard InChI is InChI=1S/C14H16N2O3/c1-2-16-9-15-6-10(16)7-18-11-3-4-12-13(17)8-19-14(12)5-11/h3-6,9,13,17H,2,7-8H2,1H3. The maximum atomic E-state index is 9.64. The van der Waals surface area contributed by atoms with Crippen molar-refractivity contribution in [2.45, 2.75) is 26.2 Å². The molecule has 0 fully saturated rings. The highest BCUT2D eigenvalue weighted by Crippen LogP contribution is 2.35. The molecule has 0 spiro atoms. The second kappa shape index (κ2) is 4.93. The van der Waals surface area contributed by atoms with E-state index in [1.807, 2.05) is 22.8 Å². The minimum Gasteiger partial charge on any atom is -0.490 e. The average molecular weight is 260 g/mol. The summed E-state index contributed by atoms with van der Waals surface area (Å²) in [6.07, 6.45) is 3.07. The lowest BCUT2D eigenvalue weighted by Crippen LogP contribution is -2.03. The number of fused-ring (bicyclic) bond motifs is 1. The smallest absolute Gasteiger partial charge is 0.130 e. The van der Waals surface area contributed by atoms with E-state index in [2.05, 4.69) is 11.9 Å². The van der Waals surface area contributed by atoms with E-state index in [0.717, 1.165) is 23.6 Å². The number of imidazole rings is 1. The monoisotopic (exact) mass is 260 g/mol. The molecule has 1 N–H and O–H groups in total. The van der Waals surface area contributed by atoms with Crippen LogP contribution in [0.4, 0.5) is 0 Å². The first-order chi connectivity index (χ1) is 9.28. The second-order valence-electron chi connectivity index (χ2n) is 4.49. The molecular weight excluding hydrogens is 244 g/mol. The van der Waals surface area contributed by atoms with E-state index < -0.39 is 6.10 Å². The number of rotatable bonds is 4. The van der Waals surface area contributed by atoms with Crippen molar-refractivity contribution in [3.8, 4) is 11.5 Å². The molecule has 1 atom stereocenters. The van der Waals surface area contributed by atoms with E-state index in [1.54, 1.807) is 12.5 Å². The first-order valence-corrected chi connectivity index (χ1v) is 6.34. The van der Waals surface area contributed by atoms with Crippen molar-refractivity contribution < 1.29 is 14.6 Å². The first-order valence-electron chi connectivity index (χ1n) is 6.34. The van der Waals surface area contributed by atoms with E-state index in [9.17, 15) is 5.11 Å². The summed E-state index contributed by atoms with van der Waals surface area (Å²) >= 11 is 0. The van der Waals surface area contributed by atoms with Gasteiger partial charge in [0.25, 0.3) is 0 Å². The van der Waals surface area contributed by atoms with Crippen LogP contribution in [0, 0.1) is 0 Å². The van der Waals surface area contributed by atoms with Gasteiger partial charge in [-0.15, -0.1) is 0 Å². The second-order valence-corrected chi connectivity index (χ2v) is 4.49. The van der Waals surface area contributed by atoms with Crippen molar-refractivity contribution in [1.82, 2.24) is 9.55 Å². The summed E-state index contributed by atoms with van der Waals surface area (Å²) in [5.41, 5.74) is 1.86. The van der Waals surface area contributed by atoms with Crippen LogP contribution in [0.5, 0.6) is 11.5 Å². The molecule has 1 aromatic heterocycles. The minimum atomic E-state index is -0.523. The zero-order valence-corrected chi connectivity index (χ0v) is 10.7. The molecule has 1 aromatic carbocycles. The zero-order valence-electron chi connectivity index (χ0n) is 10.7. The lowest BCUT2D eigenvalue weighted by Gasteiger charge is -2.09. The number of hydrogen-bond donors (Lipinski definition) is 1. The highest BCUT2D eigenvalue weighted by molar-refractivity contribution is 5.44. The molecule has 0 aliphatic carbocycles. The summed E-state index contributed by atoms with van der Waals surface area (Å²) < 4.78 is 13.2. The third kappa shape index (κ3) is 2.29. The fourth-order valence-electron chi connectivity index (χ4n) is 2.17. The molecule has 3 rings (SSSR count). The van der Waals surface area contributed by atoms with Crippen molar-refractivity contribution in [3.05, 3.63) is 42.0 Å². The van der Waals surface area contributed by atoms with Crippen LogP contribution in [0.3, 0.4) is 0 Å². The first kappa shape index (κ1) is 12.0. The van der Waals surface area contributed by atoms with Crippen LogP contribution >= 0.6 is 0 Å². The number of benzene rings is 1. The van der Waals surface area contributed by atoms with E-state index in [1.165, 1.54) is 0 Å². The van der Waals surface area contributed by atoms with E-state index in [0.29, 0.717) is 19.0 Å². The molecule has 5 nitrogen and oxygen atoms in total. The SMILES string of the molecule is CCn1cncc1COc1ccc2c(c1)OCC2O. The quantitative estimate of drug-likeness (QED) is 0.912.